The summed E-state index contributed by atoms with van der Waals surface area (Å²) in [6.45, 7) is 0. The SMILES string of the molecule is NC(O)c1ccc(CCl)cc1O. The van der Waals surface area contributed by atoms with Gasteiger partial charge in [0.1, 0.15) is 12.0 Å². The third-order valence-corrected chi connectivity index (χ3v) is 1.88. The van der Waals surface area contributed by atoms with Crippen LogP contribution in [0.5, 0.6) is 5.75 Å². The molecule has 1 rings (SSSR count). The van der Waals surface area contributed by atoms with Crippen LogP contribution in [0.3, 0.4) is 0 Å². The topological polar surface area (TPSA) is 66.5 Å². The van der Waals surface area contributed by atoms with Crippen LogP contribution in [0, 0.1) is 0 Å². The molecule has 0 bridgehead atoms. The number of aromatic hydroxyl groups is 1. The van der Waals surface area contributed by atoms with Crippen molar-refractivity contribution in [3.05, 3.63) is 29.3 Å². The Morgan fingerprint density at radius 3 is 2.58 bits per heavy atom. The molecule has 0 aliphatic rings. The first-order valence-electron chi connectivity index (χ1n) is 3.46. The molecule has 0 fully saturated rings. The molecule has 0 spiro atoms. The van der Waals surface area contributed by atoms with Crippen molar-refractivity contribution in [2.45, 2.75) is 12.1 Å². The Bertz CT molecular complexity index is 276. The van der Waals surface area contributed by atoms with Crippen molar-refractivity contribution in [1.82, 2.24) is 0 Å². The molecule has 0 heterocycles. The highest BCUT2D eigenvalue weighted by Crippen LogP contribution is 2.23. The van der Waals surface area contributed by atoms with Crippen molar-refractivity contribution in [2.75, 3.05) is 0 Å². The fourth-order valence-electron chi connectivity index (χ4n) is 0.922. The number of hydrogen-bond donors (Lipinski definition) is 3. The van der Waals surface area contributed by atoms with E-state index in [1.165, 1.54) is 6.07 Å². The van der Waals surface area contributed by atoms with Crippen molar-refractivity contribution < 1.29 is 10.2 Å². The van der Waals surface area contributed by atoms with Gasteiger partial charge in [-0.1, -0.05) is 12.1 Å². The van der Waals surface area contributed by atoms with Gasteiger partial charge in [-0.15, -0.1) is 11.6 Å². The highest BCUT2D eigenvalue weighted by molar-refractivity contribution is 6.17. The lowest BCUT2D eigenvalue weighted by Crippen LogP contribution is -2.08. The van der Waals surface area contributed by atoms with Crippen molar-refractivity contribution in [3.8, 4) is 5.75 Å². The van der Waals surface area contributed by atoms with Crippen LogP contribution in [0.2, 0.25) is 0 Å². The second-order valence-corrected chi connectivity index (χ2v) is 2.74. The van der Waals surface area contributed by atoms with Gasteiger partial charge in [-0.05, 0) is 11.6 Å². The van der Waals surface area contributed by atoms with E-state index in [1.807, 2.05) is 0 Å². The zero-order valence-corrected chi connectivity index (χ0v) is 7.12. The molecule has 0 saturated heterocycles. The summed E-state index contributed by atoms with van der Waals surface area (Å²) < 4.78 is 0. The standard InChI is InChI=1S/C8H10ClNO2/c9-4-5-1-2-6(8(10)12)7(11)3-5/h1-3,8,11-12H,4,10H2. The number of rotatable bonds is 2. The first-order chi connectivity index (χ1) is 5.65. The van der Waals surface area contributed by atoms with Gasteiger partial charge < -0.3 is 15.9 Å². The monoisotopic (exact) mass is 187 g/mol. The first-order valence-corrected chi connectivity index (χ1v) is 4.00. The van der Waals surface area contributed by atoms with E-state index in [1.54, 1.807) is 12.1 Å². The van der Waals surface area contributed by atoms with E-state index >= 15 is 0 Å². The summed E-state index contributed by atoms with van der Waals surface area (Å²) in [6, 6.07) is 4.74. The molecule has 12 heavy (non-hydrogen) atoms. The molecule has 1 unspecified atom stereocenters. The third-order valence-electron chi connectivity index (χ3n) is 1.57. The molecule has 1 aromatic carbocycles. The molecule has 4 heteroatoms. The van der Waals surface area contributed by atoms with Crippen molar-refractivity contribution in [2.24, 2.45) is 5.73 Å². The molecule has 4 N–H and O–H groups in total. The maximum atomic E-state index is 9.29. The van der Waals surface area contributed by atoms with E-state index in [4.69, 9.17) is 22.4 Å². The van der Waals surface area contributed by atoms with Gasteiger partial charge in [0, 0.05) is 11.4 Å². The first kappa shape index (κ1) is 9.32. The largest absolute Gasteiger partial charge is 0.508 e. The highest BCUT2D eigenvalue weighted by Gasteiger charge is 2.07. The number of benzene rings is 1. The van der Waals surface area contributed by atoms with Crippen molar-refractivity contribution >= 4 is 11.6 Å². The molecule has 0 amide bonds. The van der Waals surface area contributed by atoms with Crippen LogP contribution in [-0.4, -0.2) is 10.2 Å². The Morgan fingerprint density at radius 1 is 1.50 bits per heavy atom. The molecule has 0 radical (unpaired) electrons. The van der Waals surface area contributed by atoms with E-state index in [0.717, 1.165) is 5.56 Å². The Balaban J connectivity index is 3.03. The van der Waals surface area contributed by atoms with Gasteiger partial charge in [-0.25, -0.2) is 0 Å². The zero-order valence-electron chi connectivity index (χ0n) is 6.37. The molecular weight excluding hydrogens is 178 g/mol. The van der Waals surface area contributed by atoms with E-state index in [9.17, 15) is 5.11 Å². The van der Waals surface area contributed by atoms with Gasteiger partial charge in [-0.2, -0.15) is 0 Å². The van der Waals surface area contributed by atoms with E-state index in [0.29, 0.717) is 11.4 Å². The van der Waals surface area contributed by atoms with Crippen LogP contribution in [0.1, 0.15) is 17.4 Å². The molecule has 3 nitrogen and oxygen atoms in total. The van der Waals surface area contributed by atoms with Crippen LogP contribution >= 0.6 is 11.6 Å². The van der Waals surface area contributed by atoms with Crippen LogP contribution < -0.4 is 5.73 Å². The lowest BCUT2D eigenvalue weighted by atomic mass is 10.1. The molecule has 1 aromatic rings. The van der Waals surface area contributed by atoms with Gasteiger partial charge in [0.05, 0.1) is 0 Å². The average Bonchev–Trinajstić information content (AvgIpc) is 2.03. The minimum atomic E-state index is -1.14. The predicted octanol–water partition coefficient (Wildman–Crippen LogP) is 1.08. The van der Waals surface area contributed by atoms with E-state index in [2.05, 4.69) is 0 Å². The number of halogens is 1. The average molecular weight is 188 g/mol. The minimum Gasteiger partial charge on any atom is -0.508 e. The number of nitrogens with two attached hydrogens (primary N) is 1. The summed E-state index contributed by atoms with van der Waals surface area (Å²) >= 11 is 5.53. The normalized spacial score (nSPS) is 12.9. The molecule has 66 valence electrons. The van der Waals surface area contributed by atoms with E-state index in [-0.39, 0.29) is 5.75 Å². The number of aliphatic hydroxyl groups excluding tert-OH is 1. The predicted molar refractivity (Wildman–Crippen MR) is 46.8 cm³/mol. The number of alkyl halides is 1. The van der Waals surface area contributed by atoms with Crippen LogP contribution in [-0.2, 0) is 5.88 Å². The Labute approximate surface area is 75.4 Å². The maximum absolute atomic E-state index is 9.29. The fourth-order valence-corrected chi connectivity index (χ4v) is 1.09. The van der Waals surface area contributed by atoms with Crippen LogP contribution in [0.4, 0.5) is 0 Å². The summed E-state index contributed by atoms with van der Waals surface area (Å²) in [5.74, 6) is 0.303. The number of aliphatic hydroxyl groups is 1. The lowest BCUT2D eigenvalue weighted by Gasteiger charge is -2.07. The fraction of sp³-hybridized carbons (Fsp3) is 0.250. The summed E-state index contributed by atoms with van der Waals surface area (Å²) in [5.41, 5.74) is 6.27. The maximum Gasteiger partial charge on any atom is 0.132 e. The van der Waals surface area contributed by atoms with Gasteiger partial charge in [0.15, 0.2) is 0 Å². The van der Waals surface area contributed by atoms with Crippen LogP contribution in [0.15, 0.2) is 18.2 Å². The third kappa shape index (κ3) is 1.88. The molecule has 0 saturated carbocycles. The van der Waals surface area contributed by atoms with Gasteiger partial charge in [-0.3, -0.25) is 0 Å². The molecule has 0 aliphatic heterocycles. The summed E-state index contributed by atoms with van der Waals surface area (Å²) in [5, 5.41) is 18.2. The Kier molecular flexibility index (Phi) is 2.92. The number of phenolic OH excluding ortho intramolecular Hbond substituents is 1. The quantitative estimate of drug-likeness (QED) is 0.480. The van der Waals surface area contributed by atoms with Crippen LogP contribution in [0.25, 0.3) is 0 Å². The van der Waals surface area contributed by atoms with Crippen molar-refractivity contribution in [3.63, 3.8) is 0 Å². The summed E-state index contributed by atoms with van der Waals surface area (Å²) in [6.07, 6.45) is -1.14. The smallest absolute Gasteiger partial charge is 0.132 e. The minimum absolute atomic E-state index is 0.0249. The summed E-state index contributed by atoms with van der Waals surface area (Å²) in [4.78, 5) is 0. The number of phenols is 1. The second-order valence-electron chi connectivity index (χ2n) is 2.47. The lowest BCUT2D eigenvalue weighted by molar-refractivity contribution is 0.182. The Hall–Kier alpha value is -0.770. The van der Waals surface area contributed by atoms with Gasteiger partial charge in [0.25, 0.3) is 0 Å². The molecule has 0 aliphatic carbocycles. The molecular formula is C8H10ClNO2. The number of hydrogen-bond acceptors (Lipinski definition) is 3. The highest BCUT2D eigenvalue weighted by atomic mass is 35.5. The van der Waals surface area contributed by atoms with Gasteiger partial charge >= 0.3 is 0 Å². The van der Waals surface area contributed by atoms with E-state index < -0.39 is 6.23 Å². The van der Waals surface area contributed by atoms with Crippen molar-refractivity contribution in [1.29, 1.82) is 0 Å². The summed E-state index contributed by atoms with van der Waals surface area (Å²) in [7, 11) is 0. The van der Waals surface area contributed by atoms with Gasteiger partial charge in [0.2, 0.25) is 0 Å². The molecule has 0 aromatic heterocycles. The Morgan fingerprint density at radius 2 is 2.17 bits per heavy atom. The molecule has 1 atom stereocenters. The zero-order chi connectivity index (χ0) is 9.14. The second kappa shape index (κ2) is 3.76.